The number of nitrogens with zero attached hydrogens (tertiary/aromatic N) is 3. The lowest BCUT2D eigenvalue weighted by Crippen LogP contribution is -2.34. The molecule has 0 fully saturated rings. The lowest BCUT2D eigenvalue weighted by atomic mass is 10.1. The first-order valence-electron chi connectivity index (χ1n) is 10.9. The maximum atomic E-state index is 13.1. The highest BCUT2D eigenvalue weighted by molar-refractivity contribution is 5.89. The molecule has 8 heteroatoms. The maximum Gasteiger partial charge on any atom is 0.321 e. The number of methoxy groups -OCH3 is 1. The van der Waals surface area contributed by atoms with Crippen LogP contribution >= 0.6 is 0 Å². The summed E-state index contributed by atoms with van der Waals surface area (Å²) >= 11 is 0. The Kier molecular flexibility index (Phi) is 5.94. The number of urea groups is 1. The highest BCUT2D eigenvalue weighted by atomic mass is 16.5. The number of H-pyrrole nitrogens is 1. The van der Waals surface area contributed by atoms with Crippen molar-refractivity contribution in [2.75, 3.05) is 12.4 Å². The SMILES string of the molecule is COc1ccc(CC(NC(=O)Nc2ccnn2-c2ccccc2)c2nc3ccccc3[nH]2)cc1. The smallest absolute Gasteiger partial charge is 0.321 e. The number of anilines is 1. The molecule has 8 nitrogen and oxygen atoms in total. The molecule has 3 aromatic carbocycles. The minimum atomic E-state index is -0.381. The summed E-state index contributed by atoms with van der Waals surface area (Å²) in [5.41, 5.74) is 3.67. The van der Waals surface area contributed by atoms with Gasteiger partial charge in [0, 0.05) is 6.07 Å². The first-order chi connectivity index (χ1) is 16.7. The van der Waals surface area contributed by atoms with Crippen LogP contribution in [0, 0.1) is 0 Å². The second-order valence-electron chi connectivity index (χ2n) is 7.81. The van der Waals surface area contributed by atoms with Crippen LogP contribution in [-0.4, -0.2) is 32.9 Å². The number of amides is 2. The lowest BCUT2D eigenvalue weighted by molar-refractivity contribution is 0.248. The van der Waals surface area contributed by atoms with E-state index in [1.54, 1.807) is 24.1 Å². The molecule has 1 atom stereocenters. The monoisotopic (exact) mass is 452 g/mol. The summed E-state index contributed by atoms with van der Waals surface area (Å²) in [6, 6.07) is 26.2. The number of benzene rings is 3. The van der Waals surface area contributed by atoms with Crippen molar-refractivity contribution >= 4 is 22.9 Å². The van der Waals surface area contributed by atoms with Gasteiger partial charge in [-0.25, -0.2) is 14.5 Å². The molecule has 0 saturated heterocycles. The Balaban J connectivity index is 1.39. The van der Waals surface area contributed by atoms with Gasteiger partial charge in [0.1, 0.15) is 17.4 Å². The number of carbonyl (C=O) groups is 1. The van der Waals surface area contributed by atoms with Crippen molar-refractivity contribution in [1.82, 2.24) is 25.1 Å². The van der Waals surface area contributed by atoms with Crippen LogP contribution in [0.3, 0.4) is 0 Å². The predicted molar refractivity (Wildman–Crippen MR) is 131 cm³/mol. The number of para-hydroxylation sites is 3. The van der Waals surface area contributed by atoms with E-state index in [1.165, 1.54) is 0 Å². The van der Waals surface area contributed by atoms with Crippen LogP contribution in [0.25, 0.3) is 16.7 Å². The quantitative estimate of drug-likeness (QED) is 0.328. The molecule has 5 aromatic rings. The zero-order valence-corrected chi connectivity index (χ0v) is 18.6. The fraction of sp³-hybridized carbons (Fsp3) is 0.115. The van der Waals surface area contributed by atoms with E-state index in [9.17, 15) is 4.79 Å². The third-order valence-electron chi connectivity index (χ3n) is 5.53. The summed E-state index contributed by atoms with van der Waals surface area (Å²) < 4.78 is 6.94. The molecular weight excluding hydrogens is 428 g/mol. The van der Waals surface area contributed by atoms with Crippen LogP contribution in [-0.2, 0) is 6.42 Å². The molecule has 0 aliphatic rings. The molecule has 34 heavy (non-hydrogen) atoms. The second-order valence-corrected chi connectivity index (χ2v) is 7.81. The molecule has 0 aliphatic carbocycles. The zero-order valence-electron chi connectivity index (χ0n) is 18.6. The van der Waals surface area contributed by atoms with Crippen LogP contribution in [0.2, 0.25) is 0 Å². The van der Waals surface area contributed by atoms with Crippen molar-refractivity contribution in [3.63, 3.8) is 0 Å². The number of ether oxygens (including phenoxy) is 1. The Morgan fingerprint density at radius 3 is 2.53 bits per heavy atom. The van der Waals surface area contributed by atoms with Gasteiger partial charge in [0.25, 0.3) is 0 Å². The minimum absolute atomic E-state index is 0.350. The lowest BCUT2D eigenvalue weighted by Gasteiger charge is -2.18. The van der Waals surface area contributed by atoms with Crippen LogP contribution in [0.5, 0.6) is 5.75 Å². The van der Waals surface area contributed by atoms with Gasteiger partial charge >= 0.3 is 6.03 Å². The van der Waals surface area contributed by atoms with E-state index in [1.807, 2.05) is 78.9 Å². The molecule has 2 aromatic heterocycles. The third-order valence-corrected chi connectivity index (χ3v) is 5.53. The number of rotatable bonds is 7. The average molecular weight is 453 g/mol. The molecule has 1 unspecified atom stereocenters. The van der Waals surface area contributed by atoms with Crippen molar-refractivity contribution in [1.29, 1.82) is 0 Å². The van der Waals surface area contributed by atoms with Gasteiger partial charge in [0.15, 0.2) is 0 Å². The summed E-state index contributed by atoms with van der Waals surface area (Å²) in [5, 5.41) is 10.3. The third kappa shape index (κ3) is 4.61. The topological polar surface area (TPSA) is 96.9 Å². The first-order valence-corrected chi connectivity index (χ1v) is 10.9. The number of nitrogens with one attached hydrogen (secondary N) is 3. The number of aromatic nitrogens is 4. The molecule has 5 rings (SSSR count). The van der Waals surface area contributed by atoms with E-state index < -0.39 is 0 Å². The van der Waals surface area contributed by atoms with E-state index in [2.05, 4.69) is 20.7 Å². The summed E-state index contributed by atoms with van der Waals surface area (Å²) in [6.07, 6.45) is 2.20. The average Bonchev–Trinajstić information content (AvgIpc) is 3.51. The van der Waals surface area contributed by atoms with Crippen molar-refractivity contribution in [2.24, 2.45) is 0 Å². The molecule has 0 spiro atoms. The van der Waals surface area contributed by atoms with Gasteiger partial charge in [0.2, 0.25) is 0 Å². The number of fused-ring (bicyclic) bond motifs is 1. The number of hydrogen-bond acceptors (Lipinski definition) is 4. The standard InChI is InChI=1S/C26H24N6O2/c1-34-20-13-11-18(12-14-20)17-23(25-28-21-9-5-6-10-22(21)29-25)30-26(33)31-24-15-16-27-32(24)19-7-3-2-4-8-19/h2-16,23H,17H2,1H3,(H,28,29)(H2,30,31,33). The Hall–Kier alpha value is -4.59. The van der Waals surface area contributed by atoms with Gasteiger partial charge in [-0.15, -0.1) is 0 Å². The van der Waals surface area contributed by atoms with E-state index in [0.717, 1.165) is 28.0 Å². The largest absolute Gasteiger partial charge is 0.497 e. The zero-order chi connectivity index (χ0) is 23.3. The predicted octanol–water partition coefficient (Wildman–Crippen LogP) is 4.86. The highest BCUT2D eigenvalue weighted by Gasteiger charge is 2.20. The van der Waals surface area contributed by atoms with Crippen LogP contribution in [0.4, 0.5) is 10.6 Å². The van der Waals surface area contributed by atoms with Crippen molar-refractivity contribution < 1.29 is 9.53 Å². The molecule has 0 aliphatic heterocycles. The van der Waals surface area contributed by atoms with Crippen molar-refractivity contribution in [3.8, 4) is 11.4 Å². The van der Waals surface area contributed by atoms with E-state index in [4.69, 9.17) is 9.72 Å². The summed E-state index contributed by atoms with van der Waals surface area (Å²) in [7, 11) is 1.64. The van der Waals surface area contributed by atoms with E-state index >= 15 is 0 Å². The highest BCUT2D eigenvalue weighted by Crippen LogP contribution is 2.22. The molecule has 3 N–H and O–H groups in total. The maximum absolute atomic E-state index is 13.1. The summed E-state index contributed by atoms with van der Waals surface area (Å²) in [5.74, 6) is 2.03. The molecule has 0 bridgehead atoms. The molecule has 170 valence electrons. The Morgan fingerprint density at radius 1 is 1.00 bits per heavy atom. The fourth-order valence-corrected chi connectivity index (χ4v) is 3.83. The van der Waals surface area contributed by atoms with Gasteiger partial charge in [-0.3, -0.25) is 5.32 Å². The van der Waals surface area contributed by atoms with Crippen LogP contribution < -0.4 is 15.4 Å². The Bertz CT molecular complexity index is 1360. The van der Waals surface area contributed by atoms with Crippen LogP contribution in [0.1, 0.15) is 17.4 Å². The summed E-state index contributed by atoms with van der Waals surface area (Å²) in [4.78, 5) is 21.1. The van der Waals surface area contributed by atoms with Gasteiger partial charge in [-0.2, -0.15) is 5.10 Å². The normalized spacial score (nSPS) is 11.8. The molecule has 2 amide bonds. The van der Waals surface area contributed by atoms with Gasteiger partial charge in [-0.05, 0) is 48.4 Å². The van der Waals surface area contributed by atoms with Crippen LogP contribution in [0.15, 0.2) is 91.1 Å². The molecule has 0 radical (unpaired) electrons. The number of imidazole rings is 1. The van der Waals surface area contributed by atoms with Crippen molar-refractivity contribution in [3.05, 3.63) is 103 Å². The van der Waals surface area contributed by atoms with Gasteiger partial charge in [0.05, 0.1) is 36.1 Å². The van der Waals surface area contributed by atoms with E-state index in [0.29, 0.717) is 18.1 Å². The fourth-order valence-electron chi connectivity index (χ4n) is 3.83. The van der Waals surface area contributed by atoms with Crippen molar-refractivity contribution in [2.45, 2.75) is 12.5 Å². The molecule has 0 saturated carbocycles. The minimum Gasteiger partial charge on any atom is -0.497 e. The Labute approximate surface area is 196 Å². The first kappa shape index (κ1) is 21.3. The Morgan fingerprint density at radius 2 is 1.76 bits per heavy atom. The number of aromatic amines is 1. The van der Waals surface area contributed by atoms with Gasteiger partial charge < -0.3 is 15.0 Å². The second kappa shape index (κ2) is 9.50. The number of hydrogen-bond donors (Lipinski definition) is 3. The number of carbonyl (C=O) groups excluding carboxylic acids is 1. The van der Waals surface area contributed by atoms with E-state index in [-0.39, 0.29) is 12.1 Å². The van der Waals surface area contributed by atoms with Gasteiger partial charge in [-0.1, -0.05) is 42.5 Å². The molecular formula is C26H24N6O2. The molecule has 2 heterocycles. The summed E-state index contributed by atoms with van der Waals surface area (Å²) in [6.45, 7) is 0.